The number of rotatable bonds is 9. The molecule has 212 valence electrons. The van der Waals surface area contributed by atoms with Gasteiger partial charge in [-0.15, -0.1) is 5.10 Å². The highest BCUT2D eigenvalue weighted by atomic mass is 16.5. The second-order valence-electron chi connectivity index (χ2n) is 10.5. The second-order valence-corrected chi connectivity index (χ2v) is 10.5. The summed E-state index contributed by atoms with van der Waals surface area (Å²) in [6.45, 7) is 0.633. The van der Waals surface area contributed by atoms with Gasteiger partial charge in [-0.25, -0.2) is 4.98 Å². The number of anilines is 1. The van der Waals surface area contributed by atoms with Crippen LogP contribution >= 0.6 is 0 Å². The highest BCUT2D eigenvalue weighted by Crippen LogP contribution is 2.32. The van der Waals surface area contributed by atoms with Crippen molar-refractivity contribution in [2.24, 2.45) is 4.99 Å². The van der Waals surface area contributed by atoms with E-state index in [1.54, 1.807) is 13.1 Å². The normalized spacial score (nSPS) is 15.5. The molecule has 6 rings (SSSR count). The van der Waals surface area contributed by atoms with Gasteiger partial charge in [0.1, 0.15) is 30.0 Å². The van der Waals surface area contributed by atoms with Crippen LogP contribution in [-0.4, -0.2) is 58.7 Å². The van der Waals surface area contributed by atoms with E-state index in [2.05, 4.69) is 31.6 Å². The summed E-state index contributed by atoms with van der Waals surface area (Å²) < 4.78 is 5.92. The minimum absolute atomic E-state index is 0.0349. The van der Waals surface area contributed by atoms with Crippen LogP contribution in [0.15, 0.2) is 71.7 Å². The van der Waals surface area contributed by atoms with Gasteiger partial charge in [0.2, 0.25) is 5.82 Å². The highest BCUT2D eigenvalue weighted by Gasteiger charge is 2.32. The molecule has 10 nitrogen and oxygen atoms in total. The number of fused-ring (bicyclic) bond motifs is 2. The smallest absolute Gasteiger partial charge is 0.291 e. The maximum Gasteiger partial charge on any atom is 0.291 e. The maximum atomic E-state index is 13.3. The Morgan fingerprint density at radius 2 is 1.88 bits per heavy atom. The SMILES string of the molecule is CN1C(=O)C(NC(=O)c2n[nH]c(Cc3ccccc3)n2)COc2ccc(CCC(=O)Cc3ccc4c(c3)CN=C4)cc21. The first-order valence-electron chi connectivity index (χ1n) is 13.9. The van der Waals surface area contributed by atoms with Crippen LogP contribution in [-0.2, 0) is 35.4 Å². The van der Waals surface area contributed by atoms with Gasteiger partial charge in [0.05, 0.1) is 12.2 Å². The zero-order chi connectivity index (χ0) is 29.1. The Morgan fingerprint density at radius 3 is 2.74 bits per heavy atom. The molecule has 2 aliphatic heterocycles. The first-order chi connectivity index (χ1) is 20.4. The van der Waals surface area contributed by atoms with Gasteiger partial charge in [-0.05, 0) is 46.4 Å². The number of carbonyl (C=O) groups excluding carboxylic acids is 3. The lowest BCUT2D eigenvalue weighted by atomic mass is 9.99. The number of carbonyl (C=O) groups is 3. The van der Waals surface area contributed by atoms with Crippen molar-refractivity contribution in [1.82, 2.24) is 20.5 Å². The Bertz CT molecular complexity index is 1680. The molecule has 1 atom stereocenters. The number of hydrogen-bond acceptors (Lipinski definition) is 7. The molecule has 0 bridgehead atoms. The van der Waals surface area contributed by atoms with Gasteiger partial charge in [0.15, 0.2) is 0 Å². The van der Waals surface area contributed by atoms with Crippen LogP contribution in [0.1, 0.15) is 50.7 Å². The summed E-state index contributed by atoms with van der Waals surface area (Å²) in [7, 11) is 1.65. The van der Waals surface area contributed by atoms with Crippen molar-refractivity contribution in [2.75, 3.05) is 18.6 Å². The fourth-order valence-electron chi connectivity index (χ4n) is 5.16. The van der Waals surface area contributed by atoms with Gasteiger partial charge in [0.25, 0.3) is 11.8 Å². The van der Waals surface area contributed by atoms with Gasteiger partial charge in [-0.3, -0.25) is 24.5 Å². The zero-order valence-corrected chi connectivity index (χ0v) is 23.2. The second kappa shape index (κ2) is 11.8. The molecule has 0 saturated carbocycles. The van der Waals surface area contributed by atoms with Crippen molar-refractivity contribution < 1.29 is 19.1 Å². The van der Waals surface area contributed by atoms with Gasteiger partial charge in [-0.2, -0.15) is 0 Å². The summed E-state index contributed by atoms with van der Waals surface area (Å²) in [6.07, 6.45) is 3.66. The molecule has 2 amide bonds. The third kappa shape index (κ3) is 5.97. The van der Waals surface area contributed by atoms with E-state index in [4.69, 9.17) is 4.74 Å². The molecule has 0 fully saturated rings. The molecule has 10 heteroatoms. The maximum absolute atomic E-state index is 13.3. The topological polar surface area (TPSA) is 130 Å². The largest absolute Gasteiger partial charge is 0.489 e. The van der Waals surface area contributed by atoms with Crippen LogP contribution in [0, 0.1) is 0 Å². The Kier molecular flexibility index (Phi) is 7.59. The van der Waals surface area contributed by atoms with E-state index in [0.29, 0.717) is 49.5 Å². The lowest BCUT2D eigenvalue weighted by Crippen LogP contribution is -2.49. The number of aliphatic imine (C=N–C) groups is 1. The van der Waals surface area contributed by atoms with Crippen LogP contribution < -0.4 is 15.0 Å². The number of benzene rings is 3. The number of H-pyrrole nitrogens is 1. The number of aromatic amines is 1. The van der Waals surface area contributed by atoms with Crippen LogP contribution in [0.2, 0.25) is 0 Å². The number of aromatic nitrogens is 3. The number of likely N-dealkylation sites (N-methyl/N-ethyl adjacent to an activating group) is 1. The van der Waals surface area contributed by atoms with Crippen molar-refractivity contribution in [3.05, 3.63) is 106 Å². The standard InChI is InChI=1S/C32H30N6O4/c1-38-27-15-21(8-11-25(39)14-22-7-10-23-17-33-18-24(23)13-22)9-12-28(27)42-19-26(32(38)41)34-31(40)30-35-29(36-37-30)16-20-5-3-2-4-6-20/h2-7,9-10,12-13,15,17,26H,8,11,14,16,18-19H2,1H3,(H,34,40)(H,35,36,37). The summed E-state index contributed by atoms with van der Waals surface area (Å²) in [6, 6.07) is 20.4. The van der Waals surface area contributed by atoms with E-state index in [0.717, 1.165) is 27.8 Å². The van der Waals surface area contributed by atoms with Gasteiger partial charge in [0, 0.05) is 32.5 Å². The minimum Gasteiger partial charge on any atom is -0.489 e. The molecule has 0 saturated heterocycles. The third-order valence-electron chi connectivity index (χ3n) is 7.47. The molecule has 3 aromatic carbocycles. The van der Waals surface area contributed by atoms with E-state index in [-0.39, 0.29) is 24.1 Å². The van der Waals surface area contributed by atoms with E-state index in [1.807, 2.05) is 60.8 Å². The number of amides is 2. The van der Waals surface area contributed by atoms with Gasteiger partial charge in [-0.1, -0.05) is 54.6 Å². The van der Waals surface area contributed by atoms with Crippen molar-refractivity contribution in [3.63, 3.8) is 0 Å². The lowest BCUT2D eigenvalue weighted by Gasteiger charge is -2.20. The Morgan fingerprint density at radius 1 is 1.05 bits per heavy atom. The molecule has 1 aromatic heterocycles. The fourth-order valence-corrected chi connectivity index (χ4v) is 5.16. The Balaban J connectivity index is 1.05. The number of aryl methyl sites for hydroxylation is 1. The Labute approximate surface area is 242 Å². The number of Topliss-reactive ketones (excluding diaryl/α,β-unsaturated/α-hetero) is 1. The number of ether oxygens (including phenoxy) is 1. The molecule has 3 heterocycles. The molecule has 1 unspecified atom stereocenters. The summed E-state index contributed by atoms with van der Waals surface area (Å²) in [4.78, 5) is 49.0. The summed E-state index contributed by atoms with van der Waals surface area (Å²) in [5, 5.41) is 9.52. The molecular weight excluding hydrogens is 532 g/mol. The minimum atomic E-state index is -0.922. The van der Waals surface area contributed by atoms with Gasteiger partial charge >= 0.3 is 0 Å². The average molecular weight is 563 g/mol. The van der Waals surface area contributed by atoms with E-state index in [9.17, 15) is 14.4 Å². The molecule has 0 radical (unpaired) electrons. The summed E-state index contributed by atoms with van der Waals surface area (Å²) in [5.41, 5.74) is 5.80. The molecule has 0 aliphatic carbocycles. The number of ketones is 1. The van der Waals surface area contributed by atoms with Crippen LogP contribution in [0.3, 0.4) is 0 Å². The predicted molar refractivity (Wildman–Crippen MR) is 157 cm³/mol. The fraction of sp³-hybridized carbons (Fsp3) is 0.250. The van der Waals surface area contributed by atoms with Crippen molar-refractivity contribution in [3.8, 4) is 5.75 Å². The zero-order valence-electron chi connectivity index (χ0n) is 23.2. The lowest BCUT2D eigenvalue weighted by molar-refractivity contribution is -0.120. The number of nitrogens with one attached hydrogen (secondary N) is 2. The molecular formula is C32H30N6O4. The van der Waals surface area contributed by atoms with E-state index in [1.165, 1.54) is 4.90 Å². The quantitative estimate of drug-likeness (QED) is 0.322. The number of nitrogens with zero attached hydrogens (tertiary/aromatic N) is 4. The van der Waals surface area contributed by atoms with E-state index >= 15 is 0 Å². The summed E-state index contributed by atoms with van der Waals surface area (Å²) >= 11 is 0. The molecule has 0 spiro atoms. The van der Waals surface area contributed by atoms with E-state index < -0.39 is 11.9 Å². The average Bonchev–Trinajstić information content (AvgIpc) is 3.65. The number of hydrogen-bond donors (Lipinski definition) is 2. The molecule has 42 heavy (non-hydrogen) atoms. The van der Waals surface area contributed by atoms with Crippen LogP contribution in [0.5, 0.6) is 5.75 Å². The van der Waals surface area contributed by atoms with Crippen molar-refractivity contribution in [1.29, 1.82) is 0 Å². The van der Waals surface area contributed by atoms with Crippen LogP contribution in [0.25, 0.3) is 0 Å². The predicted octanol–water partition coefficient (Wildman–Crippen LogP) is 3.23. The summed E-state index contributed by atoms with van der Waals surface area (Å²) in [5.74, 6) is 0.288. The van der Waals surface area contributed by atoms with Crippen LogP contribution in [0.4, 0.5) is 5.69 Å². The highest BCUT2D eigenvalue weighted by molar-refractivity contribution is 6.02. The Hall–Kier alpha value is -5.12. The third-order valence-corrected chi connectivity index (χ3v) is 7.47. The molecule has 2 N–H and O–H groups in total. The van der Waals surface area contributed by atoms with Crippen molar-refractivity contribution in [2.45, 2.75) is 38.3 Å². The first-order valence-corrected chi connectivity index (χ1v) is 13.9. The van der Waals surface area contributed by atoms with Gasteiger partial charge < -0.3 is 15.0 Å². The first kappa shape index (κ1) is 27.1. The monoisotopic (exact) mass is 562 g/mol. The molecule has 4 aromatic rings. The molecule has 2 aliphatic rings. The van der Waals surface area contributed by atoms with Crippen molar-refractivity contribution >= 4 is 29.5 Å².